The predicted octanol–water partition coefficient (Wildman–Crippen LogP) is 1.31. The molecule has 3 nitrogen and oxygen atoms in total. The molecule has 12 heavy (non-hydrogen) atoms. The molecule has 0 aliphatic heterocycles. The van der Waals surface area contributed by atoms with Gasteiger partial charge in [-0.2, -0.15) is 0 Å². The Bertz CT molecular complexity index is 126. The van der Waals surface area contributed by atoms with Gasteiger partial charge in [0.1, 0.15) is 0 Å². The monoisotopic (exact) mass is 173 g/mol. The van der Waals surface area contributed by atoms with Crippen molar-refractivity contribution >= 4 is 5.97 Å². The van der Waals surface area contributed by atoms with Crippen LogP contribution in [0.25, 0.3) is 0 Å². The molecule has 0 bridgehead atoms. The maximum absolute atomic E-state index is 11.1. The standard InChI is InChI=1S/C9H19NO2/c1-3-12-9(11)8(2)6-4-5-7-10/h8H,3-7,10H2,1-2H3/t8-/m0/s1. The second-order valence-electron chi connectivity index (χ2n) is 2.94. The molecular formula is C9H19NO2. The van der Waals surface area contributed by atoms with E-state index >= 15 is 0 Å². The average molecular weight is 173 g/mol. The van der Waals surface area contributed by atoms with Crippen molar-refractivity contribution in [3.63, 3.8) is 0 Å². The number of hydrogen-bond donors (Lipinski definition) is 1. The van der Waals surface area contributed by atoms with Crippen LogP contribution in [0.4, 0.5) is 0 Å². The largest absolute Gasteiger partial charge is 0.466 e. The number of rotatable bonds is 6. The lowest BCUT2D eigenvalue weighted by molar-refractivity contribution is -0.147. The van der Waals surface area contributed by atoms with Gasteiger partial charge in [-0.15, -0.1) is 0 Å². The summed E-state index contributed by atoms with van der Waals surface area (Å²) in [6.07, 6.45) is 2.89. The lowest BCUT2D eigenvalue weighted by atomic mass is 10.0. The van der Waals surface area contributed by atoms with Crippen molar-refractivity contribution in [1.29, 1.82) is 0 Å². The van der Waals surface area contributed by atoms with Gasteiger partial charge in [-0.3, -0.25) is 4.79 Å². The minimum Gasteiger partial charge on any atom is -0.466 e. The van der Waals surface area contributed by atoms with Crippen LogP contribution >= 0.6 is 0 Å². The number of carbonyl (C=O) groups excluding carboxylic acids is 1. The van der Waals surface area contributed by atoms with Crippen molar-refractivity contribution in [3.05, 3.63) is 0 Å². The molecule has 0 spiro atoms. The highest BCUT2D eigenvalue weighted by molar-refractivity contribution is 5.71. The number of nitrogens with two attached hydrogens (primary N) is 1. The summed E-state index contributed by atoms with van der Waals surface area (Å²) in [6.45, 7) is 4.90. The highest BCUT2D eigenvalue weighted by Crippen LogP contribution is 2.08. The molecule has 72 valence electrons. The zero-order chi connectivity index (χ0) is 9.40. The Balaban J connectivity index is 3.42. The van der Waals surface area contributed by atoms with Gasteiger partial charge in [0.2, 0.25) is 0 Å². The molecule has 3 heteroatoms. The van der Waals surface area contributed by atoms with Gasteiger partial charge in [0, 0.05) is 0 Å². The van der Waals surface area contributed by atoms with Gasteiger partial charge in [-0.1, -0.05) is 13.3 Å². The molecule has 0 saturated heterocycles. The fourth-order valence-electron chi connectivity index (χ4n) is 0.997. The van der Waals surface area contributed by atoms with Crippen molar-refractivity contribution < 1.29 is 9.53 Å². The van der Waals surface area contributed by atoms with Gasteiger partial charge in [-0.05, 0) is 26.3 Å². The summed E-state index contributed by atoms with van der Waals surface area (Å²) in [5.74, 6) is -0.0639. The van der Waals surface area contributed by atoms with E-state index in [1.165, 1.54) is 0 Å². The minimum absolute atomic E-state index is 0.0245. The van der Waals surface area contributed by atoms with Gasteiger partial charge < -0.3 is 10.5 Å². The van der Waals surface area contributed by atoms with Crippen LogP contribution < -0.4 is 5.73 Å². The first-order valence-electron chi connectivity index (χ1n) is 4.59. The maximum atomic E-state index is 11.1. The Kier molecular flexibility index (Phi) is 6.76. The third kappa shape index (κ3) is 5.13. The zero-order valence-electron chi connectivity index (χ0n) is 8.01. The van der Waals surface area contributed by atoms with Crippen molar-refractivity contribution in [2.45, 2.75) is 33.1 Å². The molecular weight excluding hydrogens is 154 g/mol. The number of carbonyl (C=O) groups is 1. The fraction of sp³-hybridized carbons (Fsp3) is 0.889. The SMILES string of the molecule is CCOC(=O)[C@@H](C)CCCCN. The van der Waals surface area contributed by atoms with E-state index in [0.717, 1.165) is 19.3 Å². The number of hydrogen-bond acceptors (Lipinski definition) is 3. The molecule has 0 aromatic heterocycles. The van der Waals surface area contributed by atoms with Crippen LogP contribution in [-0.4, -0.2) is 19.1 Å². The van der Waals surface area contributed by atoms with E-state index in [0.29, 0.717) is 13.2 Å². The minimum atomic E-state index is -0.0884. The lowest BCUT2D eigenvalue weighted by Crippen LogP contribution is -2.14. The van der Waals surface area contributed by atoms with Crippen LogP contribution in [0, 0.1) is 5.92 Å². The van der Waals surface area contributed by atoms with Crippen LogP contribution in [-0.2, 0) is 9.53 Å². The molecule has 0 aliphatic carbocycles. The molecule has 0 aromatic rings. The van der Waals surface area contributed by atoms with Crippen LogP contribution in [0.5, 0.6) is 0 Å². The number of esters is 1. The van der Waals surface area contributed by atoms with Crippen LogP contribution in [0.2, 0.25) is 0 Å². The molecule has 0 aliphatic rings. The van der Waals surface area contributed by atoms with E-state index in [1.54, 1.807) is 0 Å². The van der Waals surface area contributed by atoms with E-state index in [-0.39, 0.29) is 11.9 Å². The van der Waals surface area contributed by atoms with Gasteiger partial charge in [-0.25, -0.2) is 0 Å². The van der Waals surface area contributed by atoms with Gasteiger partial charge in [0.05, 0.1) is 12.5 Å². The van der Waals surface area contributed by atoms with E-state index in [2.05, 4.69) is 0 Å². The summed E-state index contributed by atoms with van der Waals surface area (Å²) >= 11 is 0. The molecule has 0 aromatic carbocycles. The molecule has 1 atom stereocenters. The maximum Gasteiger partial charge on any atom is 0.308 e. The molecule has 0 unspecified atom stereocenters. The number of ether oxygens (including phenoxy) is 1. The molecule has 0 heterocycles. The molecule has 0 radical (unpaired) electrons. The first kappa shape index (κ1) is 11.4. The van der Waals surface area contributed by atoms with Gasteiger partial charge in [0.15, 0.2) is 0 Å². The molecule has 0 saturated carbocycles. The molecule has 0 amide bonds. The first-order chi connectivity index (χ1) is 5.72. The normalized spacial score (nSPS) is 12.6. The fourth-order valence-corrected chi connectivity index (χ4v) is 0.997. The summed E-state index contributed by atoms with van der Waals surface area (Å²) in [5.41, 5.74) is 5.33. The topological polar surface area (TPSA) is 52.3 Å². The second-order valence-corrected chi connectivity index (χ2v) is 2.94. The molecule has 2 N–H and O–H groups in total. The van der Waals surface area contributed by atoms with Crippen molar-refractivity contribution in [2.24, 2.45) is 11.7 Å². The Labute approximate surface area is 74.3 Å². The van der Waals surface area contributed by atoms with E-state index in [1.807, 2.05) is 13.8 Å². The van der Waals surface area contributed by atoms with Crippen LogP contribution in [0.1, 0.15) is 33.1 Å². The zero-order valence-corrected chi connectivity index (χ0v) is 8.01. The lowest BCUT2D eigenvalue weighted by Gasteiger charge is -2.09. The highest BCUT2D eigenvalue weighted by Gasteiger charge is 2.12. The second kappa shape index (κ2) is 7.10. The van der Waals surface area contributed by atoms with Crippen LogP contribution in [0.3, 0.4) is 0 Å². The van der Waals surface area contributed by atoms with Gasteiger partial charge >= 0.3 is 5.97 Å². The van der Waals surface area contributed by atoms with E-state index in [9.17, 15) is 4.79 Å². The Hall–Kier alpha value is -0.570. The van der Waals surface area contributed by atoms with Crippen LogP contribution in [0.15, 0.2) is 0 Å². The smallest absolute Gasteiger partial charge is 0.308 e. The van der Waals surface area contributed by atoms with E-state index < -0.39 is 0 Å². The Morgan fingerprint density at radius 1 is 1.50 bits per heavy atom. The van der Waals surface area contributed by atoms with Crippen molar-refractivity contribution in [3.8, 4) is 0 Å². The predicted molar refractivity (Wildman–Crippen MR) is 48.7 cm³/mol. The van der Waals surface area contributed by atoms with Crippen molar-refractivity contribution in [2.75, 3.05) is 13.2 Å². The summed E-state index contributed by atoms with van der Waals surface area (Å²) < 4.78 is 4.86. The highest BCUT2D eigenvalue weighted by atomic mass is 16.5. The Morgan fingerprint density at radius 2 is 2.17 bits per heavy atom. The quantitative estimate of drug-likeness (QED) is 0.487. The molecule has 0 rings (SSSR count). The molecule has 0 fully saturated rings. The third-order valence-corrected chi connectivity index (χ3v) is 1.78. The summed E-state index contributed by atoms with van der Waals surface area (Å²) in [5, 5.41) is 0. The van der Waals surface area contributed by atoms with Gasteiger partial charge in [0.25, 0.3) is 0 Å². The first-order valence-corrected chi connectivity index (χ1v) is 4.59. The average Bonchev–Trinajstić information content (AvgIpc) is 2.05. The summed E-state index contributed by atoms with van der Waals surface area (Å²) in [6, 6.07) is 0. The number of unbranched alkanes of at least 4 members (excludes halogenated alkanes) is 1. The summed E-state index contributed by atoms with van der Waals surface area (Å²) in [7, 11) is 0. The van der Waals surface area contributed by atoms with Crippen molar-refractivity contribution in [1.82, 2.24) is 0 Å². The summed E-state index contributed by atoms with van der Waals surface area (Å²) in [4.78, 5) is 11.1. The third-order valence-electron chi connectivity index (χ3n) is 1.78. The Morgan fingerprint density at radius 3 is 2.67 bits per heavy atom. The van der Waals surface area contributed by atoms with E-state index in [4.69, 9.17) is 10.5 Å².